The van der Waals surface area contributed by atoms with Gasteiger partial charge in [0.1, 0.15) is 0 Å². The number of ether oxygens (including phenoxy) is 1. The van der Waals surface area contributed by atoms with Gasteiger partial charge in [-0.3, -0.25) is 0 Å². The van der Waals surface area contributed by atoms with Gasteiger partial charge in [0.05, 0.1) is 12.0 Å². The highest BCUT2D eigenvalue weighted by Gasteiger charge is 2.52. The molecule has 0 bridgehead atoms. The van der Waals surface area contributed by atoms with Gasteiger partial charge < -0.3 is 9.84 Å². The second-order valence-corrected chi connectivity index (χ2v) is 5.08. The molecule has 2 nitrogen and oxygen atoms in total. The Morgan fingerprint density at radius 2 is 2.00 bits per heavy atom. The average molecular weight is 238 g/mol. The van der Waals surface area contributed by atoms with Gasteiger partial charge >= 0.3 is 6.18 Å². The summed E-state index contributed by atoms with van der Waals surface area (Å²) >= 11 is 0. The molecule has 2 fully saturated rings. The minimum Gasteiger partial charge on any atom is -0.396 e. The summed E-state index contributed by atoms with van der Waals surface area (Å²) in [7, 11) is 0. The first-order valence-electron chi connectivity index (χ1n) is 5.72. The number of aliphatic hydroxyl groups is 1. The maximum atomic E-state index is 12.7. The molecule has 1 N–H and O–H groups in total. The van der Waals surface area contributed by atoms with Crippen molar-refractivity contribution in [2.45, 2.75) is 32.0 Å². The molecule has 0 aromatic rings. The van der Waals surface area contributed by atoms with Crippen molar-refractivity contribution in [3.63, 3.8) is 0 Å². The zero-order chi connectivity index (χ0) is 11.9. The molecule has 5 heteroatoms. The van der Waals surface area contributed by atoms with E-state index in [1.54, 1.807) is 0 Å². The molecule has 5 atom stereocenters. The van der Waals surface area contributed by atoms with Crippen LogP contribution in [0.2, 0.25) is 0 Å². The summed E-state index contributed by atoms with van der Waals surface area (Å²) in [6, 6.07) is 0. The first kappa shape index (κ1) is 12.2. The second-order valence-electron chi connectivity index (χ2n) is 5.08. The Morgan fingerprint density at radius 1 is 1.31 bits per heavy atom. The number of hydrogen-bond donors (Lipinski definition) is 1. The van der Waals surface area contributed by atoms with Crippen molar-refractivity contribution < 1.29 is 23.0 Å². The maximum Gasteiger partial charge on any atom is 0.391 e. The molecule has 94 valence electrons. The third-order valence-electron chi connectivity index (χ3n) is 4.01. The number of hydrogen-bond acceptors (Lipinski definition) is 2. The molecule has 1 saturated heterocycles. The van der Waals surface area contributed by atoms with Gasteiger partial charge in [-0.05, 0) is 30.6 Å². The van der Waals surface area contributed by atoms with Crippen molar-refractivity contribution in [3.8, 4) is 0 Å². The number of rotatable bonds is 1. The highest BCUT2D eigenvalue weighted by Crippen LogP contribution is 2.48. The molecule has 2 aliphatic rings. The van der Waals surface area contributed by atoms with Gasteiger partial charge in [0.2, 0.25) is 0 Å². The third kappa shape index (κ3) is 2.07. The van der Waals surface area contributed by atoms with E-state index in [-0.39, 0.29) is 43.3 Å². The van der Waals surface area contributed by atoms with E-state index in [1.165, 1.54) is 0 Å². The predicted octanol–water partition coefficient (Wildman–Crippen LogP) is 2.22. The fourth-order valence-corrected chi connectivity index (χ4v) is 3.22. The predicted molar refractivity (Wildman–Crippen MR) is 51.7 cm³/mol. The van der Waals surface area contributed by atoms with E-state index in [0.717, 1.165) is 0 Å². The lowest BCUT2D eigenvalue weighted by Crippen LogP contribution is -2.42. The minimum atomic E-state index is -4.16. The standard InChI is InChI=1S/C11H17F3O2/c1-6-5-16-9-3-8(11(12,13)14)2-7(4-15)10(6)9/h6-10,15H,2-5H2,1H3/t6-,7-,8-,9-,10-/m1/s1. The van der Waals surface area contributed by atoms with Gasteiger partial charge in [-0.25, -0.2) is 0 Å². The van der Waals surface area contributed by atoms with E-state index in [0.29, 0.717) is 6.61 Å². The Morgan fingerprint density at radius 3 is 2.56 bits per heavy atom. The van der Waals surface area contributed by atoms with Crippen LogP contribution in [0.1, 0.15) is 19.8 Å². The molecule has 0 spiro atoms. The number of aliphatic hydroxyl groups excluding tert-OH is 1. The summed E-state index contributed by atoms with van der Waals surface area (Å²) in [5, 5.41) is 9.22. The molecule has 0 amide bonds. The quantitative estimate of drug-likeness (QED) is 0.759. The van der Waals surface area contributed by atoms with Crippen LogP contribution in [0.5, 0.6) is 0 Å². The summed E-state index contributed by atoms with van der Waals surface area (Å²) in [6.07, 6.45) is -4.36. The summed E-state index contributed by atoms with van der Waals surface area (Å²) in [5.41, 5.74) is 0. The van der Waals surface area contributed by atoms with E-state index < -0.39 is 12.1 Å². The molecule has 0 unspecified atom stereocenters. The van der Waals surface area contributed by atoms with Gasteiger partial charge in [0.25, 0.3) is 0 Å². The van der Waals surface area contributed by atoms with Crippen LogP contribution in [0, 0.1) is 23.7 Å². The monoisotopic (exact) mass is 238 g/mol. The van der Waals surface area contributed by atoms with Gasteiger partial charge in [-0.2, -0.15) is 13.2 Å². The summed E-state index contributed by atoms with van der Waals surface area (Å²) in [4.78, 5) is 0. The van der Waals surface area contributed by atoms with Crippen LogP contribution in [-0.2, 0) is 4.74 Å². The third-order valence-corrected chi connectivity index (χ3v) is 4.01. The van der Waals surface area contributed by atoms with Gasteiger partial charge in [0, 0.05) is 13.2 Å². The first-order chi connectivity index (χ1) is 7.43. The topological polar surface area (TPSA) is 29.5 Å². The molecule has 1 aliphatic carbocycles. The van der Waals surface area contributed by atoms with E-state index in [2.05, 4.69) is 0 Å². The fourth-order valence-electron chi connectivity index (χ4n) is 3.22. The van der Waals surface area contributed by atoms with Crippen molar-refractivity contribution in [1.29, 1.82) is 0 Å². The summed E-state index contributed by atoms with van der Waals surface area (Å²) in [6.45, 7) is 2.35. The average Bonchev–Trinajstić information content (AvgIpc) is 2.58. The van der Waals surface area contributed by atoms with Crippen molar-refractivity contribution in [3.05, 3.63) is 0 Å². The Labute approximate surface area is 92.8 Å². The number of fused-ring (bicyclic) bond motifs is 1. The van der Waals surface area contributed by atoms with E-state index in [9.17, 15) is 18.3 Å². The molecule has 2 rings (SSSR count). The van der Waals surface area contributed by atoms with Crippen LogP contribution >= 0.6 is 0 Å². The number of alkyl halides is 3. The molecule has 1 aliphatic heterocycles. The normalized spacial score (nSPS) is 44.4. The largest absolute Gasteiger partial charge is 0.396 e. The molecule has 0 aromatic carbocycles. The molecule has 0 radical (unpaired) electrons. The zero-order valence-corrected chi connectivity index (χ0v) is 9.20. The van der Waals surface area contributed by atoms with Gasteiger partial charge in [-0.1, -0.05) is 6.92 Å². The number of halogens is 3. The second kappa shape index (κ2) is 4.18. The van der Waals surface area contributed by atoms with Crippen LogP contribution < -0.4 is 0 Å². The Hall–Kier alpha value is -0.290. The molecular formula is C11H17F3O2. The lowest BCUT2D eigenvalue weighted by atomic mass is 9.69. The molecule has 16 heavy (non-hydrogen) atoms. The highest BCUT2D eigenvalue weighted by atomic mass is 19.4. The Bertz CT molecular complexity index is 254. The van der Waals surface area contributed by atoms with E-state index >= 15 is 0 Å². The smallest absolute Gasteiger partial charge is 0.391 e. The first-order valence-corrected chi connectivity index (χ1v) is 5.72. The summed E-state index contributed by atoms with van der Waals surface area (Å²) in [5.74, 6) is -1.21. The molecule has 0 aromatic heterocycles. The maximum absolute atomic E-state index is 12.7. The van der Waals surface area contributed by atoms with Crippen LogP contribution in [0.3, 0.4) is 0 Å². The fraction of sp³-hybridized carbons (Fsp3) is 1.00. The molecule has 1 heterocycles. The highest BCUT2D eigenvalue weighted by molar-refractivity contribution is 4.94. The molecule has 1 saturated carbocycles. The van der Waals surface area contributed by atoms with Crippen molar-refractivity contribution in [2.24, 2.45) is 23.7 Å². The van der Waals surface area contributed by atoms with Crippen LogP contribution in [0.25, 0.3) is 0 Å². The van der Waals surface area contributed by atoms with Crippen molar-refractivity contribution in [1.82, 2.24) is 0 Å². The van der Waals surface area contributed by atoms with Crippen molar-refractivity contribution >= 4 is 0 Å². The SMILES string of the molecule is C[C@@H]1CO[C@@H]2C[C@H](C(F)(F)F)C[C@H](CO)[C@@H]12. The van der Waals surface area contributed by atoms with E-state index in [1.807, 2.05) is 6.92 Å². The van der Waals surface area contributed by atoms with Crippen molar-refractivity contribution in [2.75, 3.05) is 13.2 Å². The van der Waals surface area contributed by atoms with Gasteiger partial charge in [0.15, 0.2) is 0 Å². The minimum absolute atomic E-state index is 0.0505. The Balaban J connectivity index is 2.12. The summed E-state index contributed by atoms with van der Waals surface area (Å²) < 4.78 is 43.4. The molecular weight excluding hydrogens is 221 g/mol. The Kier molecular flexibility index (Phi) is 3.18. The lowest BCUT2D eigenvalue weighted by molar-refractivity contribution is -0.200. The van der Waals surface area contributed by atoms with Crippen LogP contribution in [-0.4, -0.2) is 30.6 Å². The van der Waals surface area contributed by atoms with E-state index in [4.69, 9.17) is 4.74 Å². The van der Waals surface area contributed by atoms with Crippen LogP contribution in [0.15, 0.2) is 0 Å². The lowest BCUT2D eigenvalue weighted by Gasteiger charge is -2.38. The van der Waals surface area contributed by atoms with Crippen LogP contribution in [0.4, 0.5) is 13.2 Å². The van der Waals surface area contributed by atoms with Gasteiger partial charge in [-0.15, -0.1) is 0 Å². The zero-order valence-electron chi connectivity index (χ0n) is 9.20.